The molecule has 2 heterocycles. The first-order valence-electron chi connectivity index (χ1n) is 5.24. The van der Waals surface area contributed by atoms with E-state index in [-0.39, 0.29) is 0 Å². The summed E-state index contributed by atoms with van der Waals surface area (Å²) in [4.78, 5) is 8.12. The van der Waals surface area contributed by atoms with Gasteiger partial charge in [-0.05, 0) is 38.6 Å². The van der Waals surface area contributed by atoms with Crippen LogP contribution < -0.4 is 5.32 Å². The largest absolute Gasteiger partial charge is 0.344 e. The highest BCUT2D eigenvalue weighted by molar-refractivity contribution is 5.21. The van der Waals surface area contributed by atoms with E-state index in [9.17, 15) is 0 Å². The lowest BCUT2D eigenvalue weighted by Gasteiger charge is -2.05. The molecule has 13 heavy (non-hydrogen) atoms. The van der Waals surface area contributed by atoms with Crippen LogP contribution >= 0.6 is 0 Å². The van der Waals surface area contributed by atoms with Crippen LogP contribution in [0.25, 0.3) is 0 Å². The molecule has 1 aromatic rings. The molecule has 1 aliphatic heterocycles. The van der Waals surface area contributed by atoms with Gasteiger partial charge < -0.3 is 10.3 Å². The van der Waals surface area contributed by atoms with Crippen molar-refractivity contribution < 1.29 is 0 Å². The minimum absolute atomic E-state index is 0.505. The molecule has 70 valence electrons. The third-order valence-electron chi connectivity index (χ3n) is 3.11. The number of fused-ring (bicyclic) bond motifs is 1. The fourth-order valence-electron chi connectivity index (χ4n) is 2.40. The van der Waals surface area contributed by atoms with Crippen LogP contribution in [-0.4, -0.2) is 16.5 Å². The molecule has 0 spiro atoms. The van der Waals surface area contributed by atoms with Gasteiger partial charge in [-0.15, -0.1) is 0 Å². The Labute approximate surface area is 78.0 Å². The number of nitrogens with zero attached hydrogens (tertiary/aromatic N) is 1. The van der Waals surface area contributed by atoms with Crippen LogP contribution in [0, 0.1) is 0 Å². The normalized spacial score (nSPS) is 26.6. The van der Waals surface area contributed by atoms with E-state index in [1.54, 1.807) is 0 Å². The zero-order chi connectivity index (χ0) is 8.67. The summed E-state index contributed by atoms with van der Waals surface area (Å²) < 4.78 is 0. The van der Waals surface area contributed by atoms with E-state index in [0.717, 1.165) is 6.54 Å². The molecular weight excluding hydrogens is 162 g/mol. The highest BCUT2D eigenvalue weighted by Gasteiger charge is 2.23. The maximum Gasteiger partial charge on any atom is 0.123 e. The summed E-state index contributed by atoms with van der Waals surface area (Å²) in [5, 5.41) is 3.47. The van der Waals surface area contributed by atoms with E-state index in [1.807, 2.05) is 0 Å². The van der Waals surface area contributed by atoms with E-state index in [2.05, 4.69) is 15.3 Å². The number of rotatable bonds is 1. The minimum atomic E-state index is 0.505. The number of aromatic amines is 1. The van der Waals surface area contributed by atoms with Crippen molar-refractivity contribution >= 4 is 0 Å². The first-order valence-corrected chi connectivity index (χ1v) is 5.24. The molecule has 0 radical (unpaired) electrons. The van der Waals surface area contributed by atoms with Gasteiger partial charge >= 0.3 is 0 Å². The van der Waals surface area contributed by atoms with E-state index >= 15 is 0 Å². The van der Waals surface area contributed by atoms with Gasteiger partial charge in [-0.1, -0.05) is 0 Å². The van der Waals surface area contributed by atoms with Crippen molar-refractivity contribution in [2.75, 3.05) is 6.54 Å². The zero-order valence-electron chi connectivity index (χ0n) is 7.77. The van der Waals surface area contributed by atoms with Gasteiger partial charge in [0.1, 0.15) is 5.82 Å². The lowest BCUT2D eigenvalue weighted by Crippen LogP contribution is -2.14. The Morgan fingerprint density at radius 3 is 3.00 bits per heavy atom. The Morgan fingerprint density at radius 2 is 2.23 bits per heavy atom. The topological polar surface area (TPSA) is 40.7 Å². The Kier molecular flexibility index (Phi) is 1.65. The van der Waals surface area contributed by atoms with E-state index in [4.69, 9.17) is 0 Å². The molecule has 3 nitrogen and oxygen atoms in total. The maximum absolute atomic E-state index is 4.65. The van der Waals surface area contributed by atoms with Gasteiger partial charge in [0.25, 0.3) is 0 Å². The first kappa shape index (κ1) is 7.56. The number of H-pyrrole nitrogens is 1. The summed E-state index contributed by atoms with van der Waals surface area (Å²) in [5.41, 5.74) is 2.72. The molecule has 2 aliphatic rings. The van der Waals surface area contributed by atoms with Crippen molar-refractivity contribution in [1.82, 2.24) is 15.3 Å². The van der Waals surface area contributed by atoms with Crippen LogP contribution in [0.3, 0.4) is 0 Å². The number of imidazole rings is 1. The molecule has 3 rings (SSSR count). The number of nitrogens with one attached hydrogen (secondary N) is 2. The smallest absolute Gasteiger partial charge is 0.123 e. The molecule has 0 amide bonds. The molecule has 1 unspecified atom stereocenters. The van der Waals surface area contributed by atoms with Gasteiger partial charge in [-0.3, -0.25) is 0 Å². The van der Waals surface area contributed by atoms with Crippen molar-refractivity contribution in [3.63, 3.8) is 0 Å². The molecule has 1 fully saturated rings. The number of aryl methyl sites for hydroxylation is 2. The third kappa shape index (κ3) is 1.18. The van der Waals surface area contributed by atoms with Gasteiger partial charge in [-0.25, -0.2) is 4.98 Å². The number of hydrogen-bond donors (Lipinski definition) is 2. The van der Waals surface area contributed by atoms with Crippen LogP contribution in [0.5, 0.6) is 0 Å². The third-order valence-corrected chi connectivity index (χ3v) is 3.11. The predicted molar refractivity (Wildman–Crippen MR) is 50.6 cm³/mol. The van der Waals surface area contributed by atoms with Gasteiger partial charge in [0.05, 0.1) is 11.7 Å². The Balaban J connectivity index is 1.88. The van der Waals surface area contributed by atoms with E-state index in [1.165, 1.54) is 49.3 Å². The van der Waals surface area contributed by atoms with Gasteiger partial charge in [0.2, 0.25) is 0 Å². The predicted octanol–water partition coefficient (Wildman–Crippen LogP) is 1.32. The van der Waals surface area contributed by atoms with Crippen molar-refractivity contribution in [1.29, 1.82) is 0 Å². The molecule has 0 saturated carbocycles. The molecule has 0 aromatic carbocycles. The number of hydrogen-bond acceptors (Lipinski definition) is 2. The molecule has 0 bridgehead atoms. The lowest BCUT2D eigenvalue weighted by molar-refractivity contribution is 0.607. The monoisotopic (exact) mass is 177 g/mol. The summed E-state index contributed by atoms with van der Waals surface area (Å²) in [6.07, 6.45) is 6.20. The minimum Gasteiger partial charge on any atom is -0.344 e. The summed E-state index contributed by atoms with van der Waals surface area (Å²) >= 11 is 0. The molecule has 1 aliphatic carbocycles. The van der Waals surface area contributed by atoms with Crippen LogP contribution in [0.4, 0.5) is 0 Å². The summed E-state index contributed by atoms with van der Waals surface area (Å²) in [7, 11) is 0. The second-order valence-corrected chi connectivity index (χ2v) is 4.05. The summed E-state index contributed by atoms with van der Waals surface area (Å²) in [6, 6.07) is 0.505. The fourth-order valence-corrected chi connectivity index (χ4v) is 2.40. The van der Waals surface area contributed by atoms with Crippen molar-refractivity contribution in [2.45, 2.75) is 38.1 Å². The molecule has 1 aromatic heterocycles. The molecule has 3 heteroatoms. The van der Waals surface area contributed by atoms with E-state index in [0.29, 0.717) is 6.04 Å². The van der Waals surface area contributed by atoms with Crippen LogP contribution in [0.2, 0.25) is 0 Å². The quantitative estimate of drug-likeness (QED) is 0.679. The zero-order valence-corrected chi connectivity index (χ0v) is 7.77. The van der Waals surface area contributed by atoms with Gasteiger partial charge in [0.15, 0.2) is 0 Å². The summed E-state index contributed by atoms with van der Waals surface area (Å²) in [5.74, 6) is 1.18. The van der Waals surface area contributed by atoms with Crippen molar-refractivity contribution in [3.05, 3.63) is 17.2 Å². The Hall–Kier alpha value is -0.830. The van der Waals surface area contributed by atoms with E-state index < -0.39 is 0 Å². The molecular formula is C10H15N3. The first-order chi connectivity index (χ1) is 6.43. The standard InChI is InChI=1S/C10H15N3/c1-3-7-8(4-1)13-10(12-7)9-5-2-6-11-9/h9,11H,1-6H2,(H,12,13). The maximum atomic E-state index is 4.65. The fraction of sp³-hybridized carbons (Fsp3) is 0.700. The average molecular weight is 177 g/mol. The average Bonchev–Trinajstić information content (AvgIpc) is 2.78. The highest BCUT2D eigenvalue weighted by atomic mass is 15.0. The highest BCUT2D eigenvalue weighted by Crippen LogP contribution is 2.25. The number of aromatic nitrogens is 2. The molecule has 1 atom stereocenters. The van der Waals surface area contributed by atoms with Gasteiger partial charge in [-0.2, -0.15) is 0 Å². The van der Waals surface area contributed by atoms with Crippen LogP contribution in [0.1, 0.15) is 42.5 Å². The van der Waals surface area contributed by atoms with Crippen molar-refractivity contribution in [3.8, 4) is 0 Å². The second kappa shape index (κ2) is 2.84. The molecule has 2 N–H and O–H groups in total. The van der Waals surface area contributed by atoms with Gasteiger partial charge in [0, 0.05) is 5.69 Å². The molecule has 1 saturated heterocycles. The Bertz CT molecular complexity index is 288. The van der Waals surface area contributed by atoms with Crippen molar-refractivity contribution in [2.24, 2.45) is 0 Å². The lowest BCUT2D eigenvalue weighted by atomic mass is 10.2. The SMILES string of the molecule is C1Cc2nc(C3CCCN3)[nH]c2C1. The Morgan fingerprint density at radius 1 is 1.23 bits per heavy atom. The van der Waals surface area contributed by atoms with Crippen LogP contribution in [0.15, 0.2) is 0 Å². The van der Waals surface area contributed by atoms with Crippen LogP contribution in [-0.2, 0) is 12.8 Å². The second-order valence-electron chi connectivity index (χ2n) is 4.05. The summed E-state index contributed by atoms with van der Waals surface area (Å²) in [6.45, 7) is 1.15.